The van der Waals surface area contributed by atoms with Crippen LogP contribution in [-0.2, 0) is 17.8 Å². The number of fused-ring (bicyclic) bond motifs is 3. The fourth-order valence-electron chi connectivity index (χ4n) is 3.21. The average molecular weight is 403 g/mol. The lowest BCUT2D eigenvalue weighted by molar-refractivity contribution is -0.185. The summed E-state index contributed by atoms with van der Waals surface area (Å²) in [5, 5.41) is 0.937. The fourth-order valence-corrected chi connectivity index (χ4v) is 3.49. The van der Waals surface area contributed by atoms with Gasteiger partial charge in [-0.25, -0.2) is 0 Å². The van der Waals surface area contributed by atoms with Crippen LogP contribution < -0.4 is 0 Å². The van der Waals surface area contributed by atoms with Gasteiger partial charge in [-0.2, -0.15) is 13.2 Å². The molecule has 1 aliphatic rings. The molecule has 4 nitrogen and oxygen atoms in total. The number of hydrogen-bond acceptors (Lipinski definition) is 2. The van der Waals surface area contributed by atoms with Gasteiger partial charge in [0.05, 0.1) is 5.33 Å². The first-order chi connectivity index (χ1) is 11.3. The van der Waals surface area contributed by atoms with E-state index in [0.29, 0.717) is 11.3 Å². The van der Waals surface area contributed by atoms with E-state index in [4.69, 9.17) is 0 Å². The van der Waals surface area contributed by atoms with E-state index in [9.17, 15) is 22.8 Å². The predicted molar refractivity (Wildman–Crippen MR) is 86.4 cm³/mol. The first-order valence-electron chi connectivity index (χ1n) is 7.40. The molecule has 1 aromatic carbocycles. The molecule has 1 aromatic heterocycles. The largest absolute Gasteiger partial charge is 0.471 e. The number of halogens is 4. The van der Waals surface area contributed by atoms with E-state index in [1.165, 1.54) is 0 Å². The lowest BCUT2D eigenvalue weighted by Crippen LogP contribution is -2.42. The zero-order valence-corrected chi connectivity index (χ0v) is 14.2. The Bertz CT molecular complexity index is 813. The van der Waals surface area contributed by atoms with Gasteiger partial charge in [-0.15, -0.1) is 0 Å². The molecule has 3 rings (SSSR count). The van der Waals surface area contributed by atoms with Crippen molar-refractivity contribution >= 4 is 38.5 Å². The molecule has 0 spiro atoms. The summed E-state index contributed by atoms with van der Waals surface area (Å²) in [6.07, 6.45) is -4.67. The van der Waals surface area contributed by atoms with E-state index in [1.54, 1.807) is 0 Å². The number of ketones is 1. The van der Waals surface area contributed by atoms with Crippen LogP contribution in [0, 0.1) is 0 Å². The smallest absolute Gasteiger partial charge is 0.342 e. The number of hydrogen-bond donors (Lipinski definition) is 0. The summed E-state index contributed by atoms with van der Waals surface area (Å²) in [6, 6.07) is 7.32. The van der Waals surface area contributed by atoms with Crippen molar-refractivity contribution in [3.63, 3.8) is 0 Å². The van der Waals surface area contributed by atoms with E-state index < -0.39 is 12.1 Å². The highest BCUT2D eigenvalue weighted by molar-refractivity contribution is 9.09. The third kappa shape index (κ3) is 2.83. The Morgan fingerprint density at radius 2 is 1.83 bits per heavy atom. The minimum atomic E-state index is -4.88. The monoisotopic (exact) mass is 402 g/mol. The quantitative estimate of drug-likeness (QED) is 0.571. The van der Waals surface area contributed by atoms with Gasteiger partial charge >= 0.3 is 12.1 Å². The Labute approximate surface area is 144 Å². The minimum absolute atomic E-state index is 0.0358. The molecule has 8 heteroatoms. The van der Waals surface area contributed by atoms with Crippen LogP contribution in [0.25, 0.3) is 10.9 Å². The van der Waals surface area contributed by atoms with Gasteiger partial charge in [0.15, 0.2) is 5.78 Å². The molecule has 0 aliphatic carbocycles. The van der Waals surface area contributed by atoms with E-state index in [2.05, 4.69) is 15.9 Å². The Hall–Kier alpha value is -1.83. The van der Waals surface area contributed by atoms with Gasteiger partial charge in [0.2, 0.25) is 0 Å². The van der Waals surface area contributed by atoms with Gasteiger partial charge in [0.25, 0.3) is 0 Å². The average Bonchev–Trinajstić information content (AvgIpc) is 2.71. The predicted octanol–water partition coefficient (Wildman–Crippen LogP) is 3.17. The Morgan fingerprint density at radius 1 is 1.12 bits per heavy atom. The van der Waals surface area contributed by atoms with Crippen molar-refractivity contribution in [3.05, 3.63) is 35.5 Å². The minimum Gasteiger partial charge on any atom is -0.342 e. The van der Waals surface area contributed by atoms with Crippen molar-refractivity contribution in [1.29, 1.82) is 0 Å². The lowest BCUT2D eigenvalue weighted by Gasteiger charge is -2.21. The molecule has 2 heterocycles. The standard InChI is InChI=1S/C16H14BrF3N2O2/c17-9-13(23)14-10-3-1-2-4-11(10)22-8-7-21(6-5-12(14)22)15(24)16(18,19)20/h1-4H,5-9H2. The molecule has 128 valence electrons. The van der Waals surface area contributed by atoms with Crippen LogP contribution in [0.15, 0.2) is 24.3 Å². The zero-order valence-electron chi connectivity index (χ0n) is 12.6. The van der Waals surface area contributed by atoms with Crippen molar-refractivity contribution in [2.75, 3.05) is 18.4 Å². The highest BCUT2D eigenvalue weighted by Crippen LogP contribution is 2.30. The molecule has 0 fully saturated rings. The molecule has 0 bridgehead atoms. The van der Waals surface area contributed by atoms with Crippen LogP contribution in [-0.4, -0.2) is 45.8 Å². The van der Waals surface area contributed by atoms with Gasteiger partial charge in [-0.05, 0) is 6.07 Å². The number of benzene rings is 1. The SMILES string of the molecule is O=C(CBr)c1c2n(c3ccccc13)CCN(C(=O)C(F)(F)F)CC2. The van der Waals surface area contributed by atoms with Crippen molar-refractivity contribution < 1.29 is 22.8 Å². The van der Waals surface area contributed by atoms with Gasteiger partial charge in [0, 0.05) is 48.2 Å². The number of alkyl halides is 4. The molecular weight excluding hydrogens is 389 g/mol. The van der Waals surface area contributed by atoms with Gasteiger partial charge in [-0.3, -0.25) is 9.59 Å². The number of Topliss-reactive ketones (excluding diaryl/α,β-unsaturated/α-hetero) is 1. The maximum atomic E-state index is 12.7. The summed E-state index contributed by atoms with van der Waals surface area (Å²) in [7, 11) is 0. The van der Waals surface area contributed by atoms with E-state index in [0.717, 1.165) is 15.8 Å². The summed E-state index contributed by atoms with van der Waals surface area (Å²) in [5.74, 6) is -1.94. The number of para-hydroxylation sites is 1. The van der Waals surface area contributed by atoms with Crippen LogP contribution in [0.3, 0.4) is 0 Å². The van der Waals surface area contributed by atoms with Crippen molar-refractivity contribution in [3.8, 4) is 0 Å². The fraction of sp³-hybridized carbons (Fsp3) is 0.375. The Balaban J connectivity index is 2.03. The van der Waals surface area contributed by atoms with Crippen LogP contribution in [0.5, 0.6) is 0 Å². The molecule has 1 aliphatic heterocycles. The van der Waals surface area contributed by atoms with Crippen LogP contribution >= 0.6 is 15.9 Å². The van der Waals surface area contributed by atoms with Crippen molar-refractivity contribution in [2.45, 2.75) is 19.1 Å². The van der Waals surface area contributed by atoms with E-state index >= 15 is 0 Å². The first kappa shape index (κ1) is 17.0. The molecule has 24 heavy (non-hydrogen) atoms. The molecule has 0 radical (unpaired) electrons. The molecule has 1 amide bonds. The Morgan fingerprint density at radius 3 is 2.50 bits per heavy atom. The maximum Gasteiger partial charge on any atom is 0.471 e. The summed E-state index contributed by atoms with van der Waals surface area (Å²) in [5.41, 5.74) is 2.03. The highest BCUT2D eigenvalue weighted by atomic mass is 79.9. The number of rotatable bonds is 2. The number of nitrogens with zero attached hydrogens (tertiary/aromatic N) is 2. The second-order valence-corrected chi connectivity index (χ2v) is 6.15. The summed E-state index contributed by atoms with van der Waals surface area (Å²) >= 11 is 3.16. The van der Waals surface area contributed by atoms with Gasteiger partial charge in [0.1, 0.15) is 0 Å². The molecule has 0 atom stereocenters. The molecule has 2 aromatic rings. The van der Waals surface area contributed by atoms with Gasteiger partial charge < -0.3 is 9.47 Å². The maximum absolute atomic E-state index is 12.7. The number of amides is 1. The third-order valence-corrected chi connectivity index (χ3v) is 4.73. The zero-order chi connectivity index (χ0) is 17.5. The summed E-state index contributed by atoms with van der Waals surface area (Å²) < 4.78 is 39.9. The molecule has 0 unspecified atom stereocenters. The second kappa shape index (κ2) is 6.23. The molecule has 0 N–H and O–H groups in total. The third-order valence-electron chi connectivity index (χ3n) is 4.22. The summed E-state index contributed by atoms with van der Waals surface area (Å²) in [6.45, 7) is 0.135. The Kier molecular flexibility index (Phi) is 4.42. The topological polar surface area (TPSA) is 42.3 Å². The first-order valence-corrected chi connectivity index (χ1v) is 8.52. The summed E-state index contributed by atoms with van der Waals surface area (Å²) in [4.78, 5) is 24.6. The van der Waals surface area contributed by atoms with E-state index in [1.807, 2.05) is 28.8 Å². The number of carbonyl (C=O) groups excluding carboxylic acids is 2. The number of carbonyl (C=O) groups is 2. The lowest BCUT2D eigenvalue weighted by atomic mass is 10.1. The van der Waals surface area contributed by atoms with Crippen LogP contribution in [0.4, 0.5) is 13.2 Å². The molecular formula is C16H14BrF3N2O2. The second-order valence-electron chi connectivity index (χ2n) is 5.59. The van der Waals surface area contributed by atoms with Gasteiger partial charge in [-0.1, -0.05) is 34.1 Å². The normalized spacial score (nSPS) is 15.2. The highest BCUT2D eigenvalue weighted by Gasteiger charge is 2.42. The molecule has 0 saturated carbocycles. The van der Waals surface area contributed by atoms with Crippen molar-refractivity contribution in [1.82, 2.24) is 9.47 Å². The van der Waals surface area contributed by atoms with Crippen LogP contribution in [0.2, 0.25) is 0 Å². The van der Waals surface area contributed by atoms with Crippen LogP contribution in [0.1, 0.15) is 16.1 Å². The van der Waals surface area contributed by atoms with Crippen molar-refractivity contribution in [2.24, 2.45) is 0 Å². The van der Waals surface area contributed by atoms with E-state index in [-0.39, 0.29) is 37.2 Å². The molecule has 0 saturated heterocycles. The number of aromatic nitrogens is 1.